The van der Waals surface area contributed by atoms with Crippen molar-refractivity contribution in [1.82, 2.24) is 0 Å². The van der Waals surface area contributed by atoms with Crippen LogP contribution in [0.1, 0.15) is 31.9 Å². The molecule has 0 bridgehead atoms. The van der Waals surface area contributed by atoms with Crippen LogP contribution < -0.4 is 4.74 Å². The standard InChI is InChI=1S/C16H28O4Si/c1-6-18-21(19-7-2,20-8-3)12-11-15-9-10-16(17-5)13-14(15)4/h9-10,13H,6-8,11-12H2,1-5H3. The molecule has 0 aliphatic rings. The molecule has 0 aliphatic heterocycles. The van der Waals surface area contributed by atoms with E-state index in [1.165, 1.54) is 11.1 Å². The van der Waals surface area contributed by atoms with E-state index in [9.17, 15) is 0 Å². The Morgan fingerprint density at radius 3 is 1.95 bits per heavy atom. The second-order valence-electron chi connectivity index (χ2n) is 4.77. The molecule has 0 fully saturated rings. The molecular formula is C16H28O4Si. The molecule has 1 aromatic rings. The monoisotopic (exact) mass is 312 g/mol. The van der Waals surface area contributed by atoms with Crippen LogP contribution in [-0.4, -0.2) is 35.7 Å². The van der Waals surface area contributed by atoms with Crippen molar-refractivity contribution in [3.63, 3.8) is 0 Å². The first kappa shape index (κ1) is 18.2. The first-order chi connectivity index (χ1) is 10.1. The lowest BCUT2D eigenvalue weighted by molar-refractivity contribution is 0.0714. The molecule has 4 nitrogen and oxygen atoms in total. The van der Waals surface area contributed by atoms with E-state index in [-0.39, 0.29) is 0 Å². The highest BCUT2D eigenvalue weighted by molar-refractivity contribution is 6.60. The maximum absolute atomic E-state index is 5.89. The predicted octanol–water partition coefficient (Wildman–Crippen LogP) is 3.59. The highest BCUT2D eigenvalue weighted by atomic mass is 28.4. The quantitative estimate of drug-likeness (QED) is 0.619. The van der Waals surface area contributed by atoms with Crippen molar-refractivity contribution >= 4 is 8.80 Å². The maximum atomic E-state index is 5.89. The summed E-state index contributed by atoms with van der Waals surface area (Å²) >= 11 is 0. The molecule has 0 unspecified atom stereocenters. The van der Waals surface area contributed by atoms with Gasteiger partial charge in [0.1, 0.15) is 5.75 Å². The third-order valence-corrected chi connectivity index (χ3v) is 6.39. The van der Waals surface area contributed by atoms with E-state index < -0.39 is 8.80 Å². The summed E-state index contributed by atoms with van der Waals surface area (Å²) in [5.74, 6) is 0.888. The largest absolute Gasteiger partial charge is 0.501 e. The minimum absolute atomic E-state index is 0.619. The van der Waals surface area contributed by atoms with Gasteiger partial charge in [-0.1, -0.05) is 6.07 Å². The van der Waals surface area contributed by atoms with Crippen LogP contribution >= 0.6 is 0 Å². The summed E-state index contributed by atoms with van der Waals surface area (Å²) in [5, 5.41) is 0. The lowest BCUT2D eigenvalue weighted by Gasteiger charge is -2.28. The highest BCUT2D eigenvalue weighted by Gasteiger charge is 2.39. The van der Waals surface area contributed by atoms with E-state index in [0.29, 0.717) is 19.8 Å². The Balaban J connectivity index is 2.79. The van der Waals surface area contributed by atoms with Crippen LogP contribution in [0.5, 0.6) is 5.75 Å². The van der Waals surface area contributed by atoms with Crippen molar-refractivity contribution in [3.05, 3.63) is 29.3 Å². The molecule has 0 spiro atoms. The molecule has 5 heteroatoms. The number of rotatable bonds is 10. The van der Waals surface area contributed by atoms with Crippen LogP contribution in [0, 0.1) is 6.92 Å². The number of hydrogen-bond donors (Lipinski definition) is 0. The minimum Gasteiger partial charge on any atom is -0.497 e. The van der Waals surface area contributed by atoms with Crippen molar-refractivity contribution in [2.45, 2.75) is 40.2 Å². The van der Waals surface area contributed by atoms with Gasteiger partial charge in [-0.25, -0.2) is 0 Å². The van der Waals surface area contributed by atoms with E-state index in [2.05, 4.69) is 19.1 Å². The van der Waals surface area contributed by atoms with Crippen LogP contribution in [0.3, 0.4) is 0 Å². The van der Waals surface area contributed by atoms with E-state index in [0.717, 1.165) is 18.2 Å². The summed E-state index contributed by atoms with van der Waals surface area (Å²) in [6.07, 6.45) is 0.891. The molecule has 0 saturated carbocycles. The van der Waals surface area contributed by atoms with Gasteiger partial charge in [-0.3, -0.25) is 0 Å². The Hall–Kier alpha value is -0.883. The number of ether oxygens (including phenoxy) is 1. The smallest absolute Gasteiger partial charge is 0.497 e. The molecule has 1 aromatic carbocycles. The Kier molecular flexibility index (Phi) is 7.96. The van der Waals surface area contributed by atoms with Gasteiger partial charge in [0.15, 0.2) is 0 Å². The van der Waals surface area contributed by atoms with Gasteiger partial charge in [-0.2, -0.15) is 0 Å². The molecule has 0 radical (unpaired) electrons. The Labute approximate surface area is 129 Å². The van der Waals surface area contributed by atoms with Crippen LogP contribution in [0.2, 0.25) is 6.04 Å². The molecule has 0 amide bonds. The fourth-order valence-corrected chi connectivity index (χ4v) is 4.94. The van der Waals surface area contributed by atoms with Crippen molar-refractivity contribution in [3.8, 4) is 5.75 Å². The van der Waals surface area contributed by atoms with Crippen molar-refractivity contribution in [2.24, 2.45) is 0 Å². The van der Waals surface area contributed by atoms with Gasteiger partial charge in [-0.15, -0.1) is 0 Å². The number of aryl methyl sites for hydroxylation is 2. The van der Waals surface area contributed by atoms with Crippen LogP contribution in [-0.2, 0) is 19.7 Å². The lowest BCUT2D eigenvalue weighted by Crippen LogP contribution is -2.46. The summed E-state index contributed by atoms with van der Waals surface area (Å²) < 4.78 is 22.9. The molecule has 21 heavy (non-hydrogen) atoms. The van der Waals surface area contributed by atoms with Gasteiger partial charge in [-0.05, 0) is 57.4 Å². The van der Waals surface area contributed by atoms with Crippen molar-refractivity contribution in [2.75, 3.05) is 26.9 Å². The van der Waals surface area contributed by atoms with E-state index in [1.807, 2.05) is 26.8 Å². The summed E-state index contributed by atoms with van der Waals surface area (Å²) in [6.45, 7) is 9.91. The molecule has 0 heterocycles. The van der Waals surface area contributed by atoms with Gasteiger partial charge in [0.05, 0.1) is 7.11 Å². The third-order valence-electron chi connectivity index (χ3n) is 3.34. The molecule has 0 N–H and O–H groups in total. The second kappa shape index (κ2) is 9.20. The first-order valence-electron chi connectivity index (χ1n) is 7.66. The minimum atomic E-state index is -2.55. The fraction of sp³-hybridized carbons (Fsp3) is 0.625. The normalized spacial score (nSPS) is 11.7. The second-order valence-corrected chi connectivity index (χ2v) is 7.51. The van der Waals surface area contributed by atoms with Crippen molar-refractivity contribution < 1.29 is 18.0 Å². The van der Waals surface area contributed by atoms with Gasteiger partial charge in [0, 0.05) is 25.9 Å². The zero-order valence-electron chi connectivity index (χ0n) is 13.9. The molecule has 0 saturated heterocycles. The first-order valence-corrected chi connectivity index (χ1v) is 9.59. The number of hydrogen-bond acceptors (Lipinski definition) is 4. The number of methoxy groups -OCH3 is 1. The van der Waals surface area contributed by atoms with Crippen LogP contribution in [0.25, 0.3) is 0 Å². The van der Waals surface area contributed by atoms with E-state index in [4.69, 9.17) is 18.0 Å². The fourth-order valence-electron chi connectivity index (χ4n) is 2.36. The molecule has 0 aliphatic carbocycles. The van der Waals surface area contributed by atoms with E-state index >= 15 is 0 Å². The summed E-state index contributed by atoms with van der Waals surface area (Å²) in [6, 6.07) is 6.96. The molecule has 1 rings (SSSR count). The Morgan fingerprint density at radius 1 is 0.952 bits per heavy atom. The average molecular weight is 312 g/mol. The van der Waals surface area contributed by atoms with Gasteiger partial charge < -0.3 is 18.0 Å². The number of benzene rings is 1. The van der Waals surface area contributed by atoms with E-state index in [1.54, 1.807) is 7.11 Å². The maximum Gasteiger partial charge on any atom is 0.501 e. The zero-order chi connectivity index (χ0) is 15.7. The summed E-state index contributed by atoms with van der Waals surface area (Å²) in [5.41, 5.74) is 2.51. The van der Waals surface area contributed by atoms with Gasteiger partial charge in [0.25, 0.3) is 0 Å². The topological polar surface area (TPSA) is 36.9 Å². The van der Waals surface area contributed by atoms with Crippen molar-refractivity contribution in [1.29, 1.82) is 0 Å². The molecule has 0 atom stereocenters. The van der Waals surface area contributed by atoms with Gasteiger partial charge >= 0.3 is 8.80 Å². The SMILES string of the molecule is CCO[Si](CCc1ccc(OC)cc1C)(OCC)OCC. The third kappa shape index (κ3) is 5.43. The summed E-state index contributed by atoms with van der Waals surface area (Å²) in [7, 11) is -0.868. The van der Waals surface area contributed by atoms with Crippen LogP contribution in [0.15, 0.2) is 18.2 Å². The molecular weight excluding hydrogens is 284 g/mol. The zero-order valence-corrected chi connectivity index (χ0v) is 14.9. The van der Waals surface area contributed by atoms with Gasteiger partial charge in [0.2, 0.25) is 0 Å². The molecule has 0 aromatic heterocycles. The Bertz CT molecular complexity index is 406. The predicted molar refractivity (Wildman–Crippen MR) is 86.9 cm³/mol. The average Bonchev–Trinajstić information content (AvgIpc) is 2.46. The lowest BCUT2D eigenvalue weighted by atomic mass is 10.1. The summed E-state index contributed by atoms with van der Waals surface area (Å²) in [4.78, 5) is 0. The molecule has 120 valence electrons. The highest BCUT2D eigenvalue weighted by Crippen LogP contribution is 2.23. The Morgan fingerprint density at radius 2 is 1.52 bits per heavy atom. The van der Waals surface area contributed by atoms with Crippen LogP contribution in [0.4, 0.5) is 0 Å².